The van der Waals surface area contributed by atoms with Crippen LogP contribution < -0.4 is 5.32 Å². The van der Waals surface area contributed by atoms with Crippen molar-refractivity contribution in [2.24, 2.45) is 0 Å². The van der Waals surface area contributed by atoms with Crippen LogP contribution in [0, 0.1) is 27.7 Å². The molecule has 3 N–H and O–H groups in total. The van der Waals surface area contributed by atoms with Crippen molar-refractivity contribution in [3.8, 4) is 0 Å². The van der Waals surface area contributed by atoms with Crippen LogP contribution in [-0.4, -0.2) is 65.9 Å². The summed E-state index contributed by atoms with van der Waals surface area (Å²) >= 11 is 0. The molecule has 38 heavy (non-hydrogen) atoms. The minimum Gasteiger partial charge on any atom is -0.479 e. The summed E-state index contributed by atoms with van der Waals surface area (Å²) < 4.78 is 5.62. The molecule has 0 saturated heterocycles. The number of anilines is 1. The van der Waals surface area contributed by atoms with Crippen molar-refractivity contribution in [1.29, 1.82) is 0 Å². The van der Waals surface area contributed by atoms with Crippen molar-refractivity contribution in [2.75, 3.05) is 32.1 Å². The monoisotopic (exact) mass is 526 g/mol. The zero-order valence-corrected chi connectivity index (χ0v) is 23.8. The van der Waals surface area contributed by atoms with E-state index in [0.29, 0.717) is 13.0 Å². The Morgan fingerprint density at radius 3 is 2.18 bits per heavy atom. The summed E-state index contributed by atoms with van der Waals surface area (Å²) in [6.45, 7) is 9.95. The van der Waals surface area contributed by atoms with E-state index >= 15 is 0 Å². The Kier molecular flexibility index (Phi) is 13.3. The van der Waals surface area contributed by atoms with Crippen molar-refractivity contribution < 1.29 is 24.5 Å². The molecule has 0 saturated carbocycles. The number of amides is 1. The lowest BCUT2D eigenvalue weighted by molar-refractivity contribution is -0.166. The summed E-state index contributed by atoms with van der Waals surface area (Å²) in [6, 6.07) is 12.8. The Bertz CT molecular complexity index is 1040. The molecule has 2 aromatic rings. The number of ether oxygens (including phenoxy) is 1. The normalized spacial score (nSPS) is 12.7. The van der Waals surface area contributed by atoms with Gasteiger partial charge in [-0.15, -0.1) is 0 Å². The number of aliphatic hydroxyl groups is 1. The van der Waals surface area contributed by atoms with Gasteiger partial charge >= 0.3 is 5.97 Å². The molecule has 1 amide bonds. The van der Waals surface area contributed by atoms with E-state index in [2.05, 4.69) is 69.4 Å². The van der Waals surface area contributed by atoms with Gasteiger partial charge in [0.05, 0.1) is 0 Å². The molecule has 0 bridgehead atoms. The molecule has 0 aromatic heterocycles. The number of hydrogen-bond donors (Lipinski definition) is 3. The van der Waals surface area contributed by atoms with Crippen molar-refractivity contribution >= 4 is 17.6 Å². The smallest absolute Gasteiger partial charge is 0.335 e. The number of unbranched alkanes of at least 4 members (excludes halogenated alkanes) is 4. The third-order valence-electron chi connectivity index (χ3n) is 7.14. The Morgan fingerprint density at radius 1 is 0.868 bits per heavy atom. The quantitative estimate of drug-likeness (QED) is 0.245. The zero-order valence-electron chi connectivity index (χ0n) is 23.8. The summed E-state index contributed by atoms with van der Waals surface area (Å²) in [4.78, 5) is 25.7. The molecule has 2 atom stereocenters. The molecule has 210 valence electrons. The fourth-order valence-corrected chi connectivity index (χ4v) is 4.27. The number of aliphatic hydroxyl groups excluding tert-OH is 1. The van der Waals surface area contributed by atoms with Gasteiger partial charge in [0.15, 0.2) is 12.2 Å². The zero-order chi connectivity index (χ0) is 28.1. The first-order valence-electron chi connectivity index (χ1n) is 13.7. The van der Waals surface area contributed by atoms with Crippen molar-refractivity contribution in [3.05, 3.63) is 64.2 Å². The lowest BCUT2D eigenvalue weighted by Crippen LogP contribution is -2.48. The lowest BCUT2D eigenvalue weighted by Gasteiger charge is -2.25. The summed E-state index contributed by atoms with van der Waals surface area (Å²) in [5.41, 5.74) is 7.50. The lowest BCUT2D eigenvalue weighted by atomic mass is 10.0. The highest BCUT2D eigenvalue weighted by Crippen LogP contribution is 2.15. The van der Waals surface area contributed by atoms with E-state index in [0.717, 1.165) is 50.8 Å². The van der Waals surface area contributed by atoms with Gasteiger partial charge in [-0.1, -0.05) is 30.7 Å². The van der Waals surface area contributed by atoms with E-state index in [1.165, 1.54) is 32.7 Å². The molecule has 0 aliphatic carbocycles. The van der Waals surface area contributed by atoms with Gasteiger partial charge in [0.2, 0.25) is 0 Å². The highest BCUT2D eigenvalue weighted by atomic mass is 16.5. The topological polar surface area (TPSA) is 99.1 Å². The van der Waals surface area contributed by atoms with Gasteiger partial charge in [-0.05, 0) is 106 Å². The van der Waals surface area contributed by atoms with E-state index in [1.807, 2.05) is 0 Å². The third-order valence-corrected chi connectivity index (χ3v) is 7.14. The number of carboxylic acids is 1. The highest BCUT2D eigenvalue weighted by molar-refractivity contribution is 5.87. The molecule has 2 aromatic carbocycles. The first-order valence-corrected chi connectivity index (χ1v) is 13.7. The Labute approximate surface area is 228 Å². The molecule has 0 fully saturated rings. The van der Waals surface area contributed by atoms with Crippen LogP contribution in [0.15, 0.2) is 36.4 Å². The molecule has 7 nitrogen and oxygen atoms in total. The van der Waals surface area contributed by atoms with Crippen LogP contribution in [0.1, 0.15) is 66.3 Å². The van der Waals surface area contributed by atoms with Crippen LogP contribution >= 0.6 is 0 Å². The highest BCUT2D eigenvalue weighted by Gasteiger charge is 2.34. The number of aliphatic carboxylic acids is 1. The number of nitrogens with zero attached hydrogens (tertiary/aromatic N) is 1. The number of carbonyl (C=O) groups excluding carboxylic acids is 1. The number of nitrogens with one attached hydrogen (secondary N) is 1. The number of carboxylic acid groups (broad SMARTS) is 1. The molecule has 7 heteroatoms. The summed E-state index contributed by atoms with van der Waals surface area (Å²) in [5, 5.41) is 22.8. The van der Waals surface area contributed by atoms with Gasteiger partial charge < -0.3 is 25.2 Å². The molecular weight excluding hydrogens is 480 g/mol. The summed E-state index contributed by atoms with van der Waals surface area (Å²) in [5.74, 6) is -1.95. The minimum atomic E-state index is -1.89. The van der Waals surface area contributed by atoms with Crippen molar-refractivity contribution in [3.63, 3.8) is 0 Å². The number of aryl methyl sites for hydroxylation is 5. The van der Waals surface area contributed by atoms with Crippen LogP contribution in [0.4, 0.5) is 5.69 Å². The molecule has 0 aliphatic heterocycles. The number of likely N-dealkylation sites (N-methyl/N-ethyl adjacent to an activating group) is 1. The number of rotatable bonds is 17. The third kappa shape index (κ3) is 10.5. The first kappa shape index (κ1) is 31.3. The second kappa shape index (κ2) is 16.1. The average molecular weight is 527 g/mol. The van der Waals surface area contributed by atoms with Crippen LogP contribution in [0.2, 0.25) is 0 Å². The van der Waals surface area contributed by atoms with Crippen LogP contribution in [-0.2, 0) is 20.7 Å². The predicted octanol–water partition coefficient (Wildman–Crippen LogP) is 5.20. The number of benzene rings is 2. The molecule has 0 unspecified atom stereocenters. The maximum Gasteiger partial charge on any atom is 0.335 e. The SMILES string of the molecule is Cc1ccc(CCCCCO[C@@H](C(=O)N(C)CCCCCNc2ccc(C)c(C)c2)[C@@H](O)C(=O)O)cc1C. The Hall–Kier alpha value is -2.90. The van der Waals surface area contributed by atoms with E-state index in [4.69, 9.17) is 4.74 Å². The van der Waals surface area contributed by atoms with Crippen LogP contribution in [0.3, 0.4) is 0 Å². The fourth-order valence-electron chi connectivity index (χ4n) is 4.27. The largest absolute Gasteiger partial charge is 0.479 e. The number of hydrogen-bond acceptors (Lipinski definition) is 5. The summed E-state index contributed by atoms with van der Waals surface area (Å²) in [6.07, 6.45) is 2.89. The minimum absolute atomic E-state index is 0.228. The standard InChI is InChI=1S/C31H46N2O5/c1-22-13-15-26(20-24(22)3)12-8-6-11-19-38-29(28(34)31(36)37)30(35)33(5)18-10-7-9-17-32-27-16-14-23(2)25(4)21-27/h13-16,20-21,28-29,32,34H,6-12,17-19H2,1-5H3,(H,36,37)/t28-,29-/m1/s1. The maximum atomic E-state index is 12.9. The van der Waals surface area contributed by atoms with E-state index in [-0.39, 0.29) is 6.61 Å². The first-order chi connectivity index (χ1) is 18.1. The van der Waals surface area contributed by atoms with Gasteiger partial charge in [-0.3, -0.25) is 4.79 Å². The molecule has 0 radical (unpaired) electrons. The van der Waals surface area contributed by atoms with Gasteiger partial charge in [0, 0.05) is 32.4 Å². The fraction of sp³-hybridized carbons (Fsp3) is 0.548. The number of carbonyl (C=O) groups is 2. The second-order valence-corrected chi connectivity index (χ2v) is 10.4. The maximum absolute atomic E-state index is 12.9. The van der Waals surface area contributed by atoms with Gasteiger partial charge in [0.25, 0.3) is 5.91 Å². The molecule has 0 spiro atoms. The van der Waals surface area contributed by atoms with Gasteiger partial charge in [-0.2, -0.15) is 0 Å². The predicted molar refractivity (Wildman–Crippen MR) is 153 cm³/mol. The van der Waals surface area contributed by atoms with E-state index in [1.54, 1.807) is 7.05 Å². The average Bonchev–Trinajstić information content (AvgIpc) is 2.88. The van der Waals surface area contributed by atoms with E-state index in [9.17, 15) is 19.8 Å². The van der Waals surface area contributed by atoms with Crippen molar-refractivity contribution in [1.82, 2.24) is 4.90 Å². The summed E-state index contributed by atoms with van der Waals surface area (Å²) in [7, 11) is 1.63. The molecule has 0 aliphatic rings. The van der Waals surface area contributed by atoms with Crippen LogP contribution in [0.5, 0.6) is 0 Å². The molecule has 0 heterocycles. The second-order valence-electron chi connectivity index (χ2n) is 10.4. The van der Waals surface area contributed by atoms with Gasteiger partial charge in [-0.25, -0.2) is 4.79 Å². The van der Waals surface area contributed by atoms with Gasteiger partial charge in [0.1, 0.15) is 0 Å². The Morgan fingerprint density at radius 2 is 1.53 bits per heavy atom. The van der Waals surface area contributed by atoms with Crippen molar-refractivity contribution in [2.45, 2.75) is 84.8 Å². The van der Waals surface area contributed by atoms with Crippen LogP contribution in [0.25, 0.3) is 0 Å². The Balaban J connectivity index is 1.69. The van der Waals surface area contributed by atoms with E-state index < -0.39 is 24.1 Å². The molecule has 2 rings (SSSR count). The molecular formula is C31H46N2O5.